The fourth-order valence-corrected chi connectivity index (χ4v) is 2.58. The molecule has 1 aromatic carbocycles. The Labute approximate surface area is 116 Å². The number of Topliss-reactive ketones (excluding diaryl/α,β-unsaturated/α-hetero) is 1. The number of piperidine rings is 1. The van der Waals surface area contributed by atoms with Gasteiger partial charge >= 0.3 is 6.18 Å². The Kier molecular flexibility index (Phi) is 4.81. The Bertz CT molecular complexity index is 464. The molecule has 1 unspecified atom stereocenters. The molecule has 0 amide bonds. The SMILES string of the molecule is O=C(CCC1CCCCN1)c1ccccc1C(F)(F)F. The summed E-state index contributed by atoms with van der Waals surface area (Å²) >= 11 is 0. The molecule has 1 heterocycles. The van der Waals surface area contributed by atoms with Gasteiger partial charge in [0.1, 0.15) is 0 Å². The van der Waals surface area contributed by atoms with Gasteiger partial charge < -0.3 is 5.32 Å². The molecular weight excluding hydrogens is 267 g/mol. The van der Waals surface area contributed by atoms with E-state index in [1.54, 1.807) is 0 Å². The Hall–Kier alpha value is -1.36. The van der Waals surface area contributed by atoms with Crippen molar-refractivity contribution in [2.75, 3.05) is 6.54 Å². The van der Waals surface area contributed by atoms with Gasteiger partial charge in [-0.1, -0.05) is 24.6 Å². The first kappa shape index (κ1) is 15.0. The van der Waals surface area contributed by atoms with E-state index in [0.29, 0.717) is 6.42 Å². The second-order valence-corrected chi connectivity index (χ2v) is 5.15. The van der Waals surface area contributed by atoms with Gasteiger partial charge in [-0.15, -0.1) is 0 Å². The number of carbonyl (C=O) groups is 1. The van der Waals surface area contributed by atoms with E-state index in [0.717, 1.165) is 31.9 Å². The van der Waals surface area contributed by atoms with Crippen molar-refractivity contribution in [3.05, 3.63) is 35.4 Å². The molecule has 1 fully saturated rings. The molecule has 1 saturated heterocycles. The van der Waals surface area contributed by atoms with Gasteiger partial charge in [0.25, 0.3) is 0 Å². The van der Waals surface area contributed by atoms with Gasteiger partial charge in [0.2, 0.25) is 0 Å². The van der Waals surface area contributed by atoms with E-state index >= 15 is 0 Å². The highest BCUT2D eigenvalue weighted by Gasteiger charge is 2.34. The quantitative estimate of drug-likeness (QED) is 0.852. The first-order valence-corrected chi connectivity index (χ1v) is 6.91. The van der Waals surface area contributed by atoms with Crippen molar-refractivity contribution in [3.8, 4) is 0 Å². The predicted octanol–water partition coefficient (Wildman–Crippen LogP) is 3.81. The minimum Gasteiger partial charge on any atom is -0.314 e. The highest BCUT2D eigenvalue weighted by atomic mass is 19.4. The maximum atomic E-state index is 12.8. The Morgan fingerprint density at radius 1 is 1.25 bits per heavy atom. The summed E-state index contributed by atoms with van der Waals surface area (Å²) < 4.78 is 38.5. The number of alkyl halides is 3. The molecule has 0 spiro atoms. The highest BCUT2D eigenvalue weighted by molar-refractivity contribution is 5.97. The zero-order valence-electron chi connectivity index (χ0n) is 11.2. The minimum atomic E-state index is -4.48. The third kappa shape index (κ3) is 3.82. The van der Waals surface area contributed by atoms with Crippen LogP contribution in [-0.4, -0.2) is 18.4 Å². The van der Waals surface area contributed by atoms with Gasteiger partial charge in [-0.3, -0.25) is 4.79 Å². The molecule has 110 valence electrons. The molecule has 0 aromatic heterocycles. The molecule has 5 heteroatoms. The number of carbonyl (C=O) groups excluding carboxylic acids is 1. The van der Waals surface area contributed by atoms with Gasteiger partial charge in [-0.2, -0.15) is 13.2 Å². The van der Waals surface area contributed by atoms with Crippen molar-refractivity contribution in [1.29, 1.82) is 0 Å². The van der Waals surface area contributed by atoms with E-state index in [-0.39, 0.29) is 18.0 Å². The standard InChI is InChI=1S/C15H18F3NO/c16-15(17,18)13-7-2-1-6-12(13)14(20)9-8-11-5-3-4-10-19-11/h1-2,6-7,11,19H,3-5,8-10H2. The van der Waals surface area contributed by atoms with Gasteiger partial charge in [0, 0.05) is 18.0 Å². The molecule has 0 saturated carbocycles. The maximum absolute atomic E-state index is 12.8. The van der Waals surface area contributed by atoms with E-state index < -0.39 is 17.5 Å². The lowest BCUT2D eigenvalue weighted by atomic mass is 9.95. The second-order valence-electron chi connectivity index (χ2n) is 5.15. The van der Waals surface area contributed by atoms with Crippen LogP contribution in [0, 0.1) is 0 Å². The molecular formula is C15H18F3NO. The lowest BCUT2D eigenvalue weighted by molar-refractivity contribution is -0.137. The first-order chi connectivity index (χ1) is 9.48. The highest BCUT2D eigenvalue weighted by Crippen LogP contribution is 2.32. The van der Waals surface area contributed by atoms with Gasteiger partial charge in [-0.05, 0) is 31.9 Å². The van der Waals surface area contributed by atoms with Crippen LogP contribution in [0.15, 0.2) is 24.3 Å². The van der Waals surface area contributed by atoms with Crippen molar-refractivity contribution in [2.45, 2.75) is 44.3 Å². The lowest BCUT2D eigenvalue weighted by Gasteiger charge is -2.23. The number of benzene rings is 1. The van der Waals surface area contributed by atoms with Crippen LogP contribution < -0.4 is 5.32 Å². The molecule has 0 radical (unpaired) electrons. The monoisotopic (exact) mass is 285 g/mol. The van der Waals surface area contributed by atoms with E-state index in [1.165, 1.54) is 18.2 Å². The lowest BCUT2D eigenvalue weighted by Crippen LogP contribution is -2.34. The van der Waals surface area contributed by atoms with Crippen molar-refractivity contribution in [2.24, 2.45) is 0 Å². The van der Waals surface area contributed by atoms with Crippen LogP contribution in [0.25, 0.3) is 0 Å². The zero-order chi connectivity index (χ0) is 14.6. The Morgan fingerprint density at radius 2 is 2.00 bits per heavy atom. The Morgan fingerprint density at radius 3 is 2.65 bits per heavy atom. The van der Waals surface area contributed by atoms with Crippen LogP contribution in [0.5, 0.6) is 0 Å². The third-order valence-corrected chi connectivity index (χ3v) is 3.67. The number of halogens is 3. The van der Waals surface area contributed by atoms with E-state index in [2.05, 4.69) is 5.32 Å². The van der Waals surface area contributed by atoms with Gasteiger partial charge in [-0.25, -0.2) is 0 Å². The van der Waals surface area contributed by atoms with E-state index in [1.807, 2.05) is 0 Å². The minimum absolute atomic E-state index is 0.157. The number of hydrogen-bond acceptors (Lipinski definition) is 2. The van der Waals surface area contributed by atoms with Crippen LogP contribution in [0.1, 0.15) is 48.0 Å². The normalized spacial score (nSPS) is 19.9. The molecule has 0 bridgehead atoms. The maximum Gasteiger partial charge on any atom is 0.417 e. The van der Waals surface area contributed by atoms with E-state index in [4.69, 9.17) is 0 Å². The number of hydrogen-bond donors (Lipinski definition) is 1. The van der Waals surface area contributed by atoms with E-state index in [9.17, 15) is 18.0 Å². The molecule has 1 atom stereocenters. The van der Waals surface area contributed by atoms with Gasteiger partial charge in [0.15, 0.2) is 5.78 Å². The largest absolute Gasteiger partial charge is 0.417 e. The van der Waals surface area contributed by atoms with Crippen molar-refractivity contribution in [3.63, 3.8) is 0 Å². The van der Waals surface area contributed by atoms with Crippen molar-refractivity contribution >= 4 is 5.78 Å². The Balaban J connectivity index is 2.02. The molecule has 1 N–H and O–H groups in total. The molecule has 0 aliphatic carbocycles. The molecule has 2 nitrogen and oxygen atoms in total. The number of rotatable bonds is 4. The average molecular weight is 285 g/mol. The first-order valence-electron chi connectivity index (χ1n) is 6.91. The van der Waals surface area contributed by atoms with Crippen LogP contribution >= 0.6 is 0 Å². The van der Waals surface area contributed by atoms with Crippen LogP contribution in [-0.2, 0) is 6.18 Å². The van der Waals surface area contributed by atoms with Crippen LogP contribution in [0.4, 0.5) is 13.2 Å². The smallest absolute Gasteiger partial charge is 0.314 e. The van der Waals surface area contributed by atoms with Crippen LogP contribution in [0.3, 0.4) is 0 Å². The summed E-state index contributed by atoms with van der Waals surface area (Å²) in [5.41, 5.74) is -1.04. The summed E-state index contributed by atoms with van der Waals surface area (Å²) in [7, 11) is 0. The summed E-state index contributed by atoms with van der Waals surface area (Å²) in [6.45, 7) is 0.929. The molecule has 20 heavy (non-hydrogen) atoms. The fraction of sp³-hybridized carbons (Fsp3) is 0.533. The molecule has 1 aliphatic rings. The third-order valence-electron chi connectivity index (χ3n) is 3.67. The van der Waals surface area contributed by atoms with Gasteiger partial charge in [0.05, 0.1) is 5.56 Å². The molecule has 1 aromatic rings. The predicted molar refractivity (Wildman–Crippen MR) is 70.7 cm³/mol. The zero-order valence-corrected chi connectivity index (χ0v) is 11.2. The van der Waals surface area contributed by atoms with Crippen LogP contribution in [0.2, 0.25) is 0 Å². The molecule has 1 aliphatic heterocycles. The van der Waals surface area contributed by atoms with Crippen molar-refractivity contribution < 1.29 is 18.0 Å². The summed E-state index contributed by atoms with van der Waals surface area (Å²) in [6, 6.07) is 5.26. The van der Waals surface area contributed by atoms with Crippen molar-refractivity contribution in [1.82, 2.24) is 5.32 Å². The summed E-state index contributed by atoms with van der Waals surface area (Å²) in [6.07, 6.45) is -0.480. The number of nitrogens with one attached hydrogen (secondary N) is 1. The number of ketones is 1. The second kappa shape index (κ2) is 6.39. The summed E-state index contributed by atoms with van der Waals surface area (Å²) in [4.78, 5) is 12.0. The average Bonchev–Trinajstić information content (AvgIpc) is 2.45. The summed E-state index contributed by atoms with van der Waals surface area (Å²) in [5, 5.41) is 3.30. The summed E-state index contributed by atoms with van der Waals surface area (Å²) in [5.74, 6) is -0.426. The fourth-order valence-electron chi connectivity index (χ4n) is 2.58. The topological polar surface area (TPSA) is 29.1 Å². The molecule has 2 rings (SSSR count).